The van der Waals surface area contributed by atoms with E-state index in [2.05, 4.69) is 35.4 Å². The molecule has 0 bridgehead atoms. The topological polar surface area (TPSA) is 185 Å². The van der Waals surface area contributed by atoms with Crippen LogP contribution in [0.4, 0.5) is 14.4 Å². The predicted molar refractivity (Wildman–Crippen MR) is 234 cm³/mol. The quantitative estimate of drug-likeness (QED) is 0.0243. The van der Waals surface area contributed by atoms with Gasteiger partial charge < -0.3 is 14.2 Å². The molecular formula is C49H64O15. The zero-order valence-corrected chi connectivity index (χ0v) is 37.7. The van der Waals surface area contributed by atoms with Gasteiger partial charge in [0, 0.05) is 0 Å². The first-order valence-corrected chi connectivity index (χ1v) is 22.4. The number of carbonyl (C=O) groups is 6. The van der Waals surface area contributed by atoms with Gasteiger partial charge in [-0.15, -0.1) is 0 Å². The smallest absolute Gasteiger partial charge is 0.431 e. The molecule has 0 radical (unpaired) electrons. The number of hydrogen-bond acceptors (Lipinski definition) is 15. The summed E-state index contributed by atoms with van der Waals surface area (Å²) in [5, 5.41) is 0. The van der Waals surface area contributed by atoms with E-state index < -0.39 is 61.6 Å². The lowest BCUT2D eigenvalue weighted by molar-refractivity contribution is -0.217. The number of ether oxygens (including phenoxy) is 3. The second-order valence-corrected chi connectivity index (χ2v) is 15.8. The van der Waals surface area contributed by atoms with Gasteiger partial charge >= 0.3 is 36.4 Å². The van der Waals surface area contributed by atoms with Crippen LogP contribution < -0.4 is 0 Å². The SMILES string of the molecule is CCCCCCc1ccc(C(=O)OOC(=O)OCC(CCC)(COC(=O)OOC(=O)c2ccc(CCCCCC)cc2)COC(=O)OOC(=O)c2ccc(CCCCCC)cc2)cc1. The van der Waals surface area contributed by atoms with Crippen molar-refractivity contribution in [2.75, 3.05) is 19.8 Å². The van der Waals surface area contributed by atoms with Crippen molar-refractivity contribution in [2.45, 2.75) is 137 Å². The Hall–Kier alpha value is -6.12. The molecule has 0 heterocycles. The first-order valence-electron chi connectivity index (χ1n) is 22.4. The molecule has 0 spiro atoms. The van der Waals surface area contributed by atoms with Crippen molar-refractivity contribution < 1.29 is 72.3 Å². The lowest BCUT2D eigenvalue weighted by Crippen LogP contribution is -2.40. The standard InChI is InChI=1S/C49H64O15/c1-5-9-12-15-18-37-21-27-40(28-22-37)43(50)59-62-46(53)56-34-49(33-8-4,35-57-47(54)63-60-44(51)41-29-23-38(24-30-41)19-16-13-10-6-2)36-58-48(55)64-61-45(52)42-31-25-39(26-32-42)20-17-14-11-7-3/h21-32H,5-20,33-36H2,1-4H3. The maximum absolute atomic E-state index is 12.7. The average molecular weight is 893 g/mol. The number of rotatable bonds is 26. The largest absolute Gasteiger partial charge is 0.549 e. The molecule has 0 aliphatic heterocycles. The minimum Gasteiger partial charge on any atom is -0.431 e. The lowest BCUT2D eigenvalue weighted by atomic mass is 9.86. The fraction of sp³-hybridized carbons (Fsp3) is 0.510. The van der Waals surface area contributed by atoms with Crippen molar-refractivity contribution in [2.24, 2.45) is 5.41 Å². The summed E-state index contributed by atoms with van der Waals surface area (Å²) < 4.78 is 15.7. The minimum atomic E-state index is -1.50. The second-order valence-electron chi connectivity index (χ2n) is 15.8. The van der Waals surface area contributed by atoms with Gasteiger partial charge in [0.1, 0.15) is 19.8 Å². The highest BCUT2D eigenvalue weighted by Gasteiger charge is 2.37. The Morgan fingerprint density at radius 1 is 0.359 bits per heavy atom. The van der Waals surface area contributed by atoms with Crippen LogP contribution in [0.25, 0.3) is 0 Å². The van der Waals surface area contributed by atoms with Crippen molar-refractivity contribution in [3.8, 4) is 0 Å². The third kappa shape index (κ3) is 20.4. The second kappa shape index (κ2) is 30.1. The van der Waals surface area contributed by atoms with Crippen LogP contribution in [0, 0.1) is 5.41 Å². The Morgan fingerprint density at radius 3 is 0.891 bits per heavy atom. The highest BCUT2D eigenvalue weighted by atomic mass is 17.2. The Balaban J connectivity index is 1.59. The molecule has 0 unspecified atom stereocenters. The molecule has 15 heteroatoms. The Labute approximate surface area is 376 Å². The molecule has 3 aromatic rings. The normalized spacial score (nSPS) is 10.9. The third-order valence-electron chi connectivity index (χ3n) is 10.4. The minimum absolute atomic E-state index is 0.0839. The zero-order chi connectivity index (χ0) is 46.4. The van der Waals surface area contributed by atoms with E-state index in [-0.39, 0.29) is 23.1 Å². The molecule has 0 amide bonds. The van der Waals surface area contributed by atoms with Crippen molar-refractivity contribution >= 4 is 36.4 Å². The van der Waals surface area contributed by atoms with Gasteiger partial charge in [0.2, 0.25) is 0 Å². The molecule has 0 aliphatic rings. The van der Waals surface area contributed by atoms with Crippen LogP contribution in [0.3, 0.4) is 0 Å². The summed E-state index contributed by atoms with van der Waals surface area (Å²) in [6.07, 6.45) is 11.9. The number of unbranched alkanes of at least 4 members (excludes halogenated alkanes) is 9. The molecule has 3 aromatic carbocycles. The van der Waals surface area contributed by atoms with Crippen LogP contribution in [-0.4, -0.2) is 56.2 Å². The molecule has 0 aliphatic carbocycles. The van der Waals surface area contributed by atoms with Gasteiger partial charge in [-0.1, -0.05) is 128 Å². The summed E-state index contributed by atoms with van der Waals surface area (Å²) in [4.78, 5) is 104. The molecule has 15 nitrogen and oxygen atoms in total. The van der Waals surface area contributed by atoms with E-state index in [9.17, 15) is 28.8 Å². The van der Waals surface area contributed by atoms with Crippen molar-refractivity contribution in [3.05, 3.63) is 106 Å². The molecule has 0 fully saturated rings. The Bertz CT molecular complexity index is 1650. The van der Waals surface area contributed by atoms with E-state index in [1.807, 2.05) is 0 Å². The summed E-state index contributed by atoms with van der Waals surface area (Å²) in [7, 11) is 0. The summed E-state index contributed by atoms with van der Waals surface area (Å²) in [5.74, 6) is -2.85. The van der Waals surface area contributed by atoms with Gasteiger partial charge in [-0.25, -0.2) is 43.7 Å². The highest BCUT2D eigenvalue weighted by Crippen LogP contribution is 2.27. The zero-order valence-electron chi connectivity index (χ0n) is 37.7. The predicted octanol–water partition coefficient (Wildman–Crippen LogP) is 11.9. The Kier molecular flexibility index (Phi) is 24.5. The maximum atomic E-state index is 12.7. The summed E-state index contributed by atoms with van der Waals surface area (Å²) in [5.41, 5.74) is 2.04. The average Bonchev–Trinajstić information content (AvgIpc) is 3.31. The van der Waals surface area contributed by atoms with Crippen LogP contribution in [0.1, 0.15) is 165 Å². The van der Waals surface area contributed by atoms with Crippen molar-refractivity contribution in [1.29, 1.82) is 0 Å². The fourth-order valence-corrected chi connectivity index (χ4v) is 6.63. The molecule has 3 rings (SSSR count). The van der Waals surface area contributed by atoms with E-state index >= 15 is 0 Å². The molecule has 350 valence electrons. The molecule has 0 saturated heterocycles. The van der Waals surface area contributed by atoms with Crippen LogP contribution in [0.15, 0.2) is 72.8 Å². The molecule has 0 aromatic heterocycles. The van der Waals surface area contributed by atoms with Gasteiger partial charge in [0.25, 0.3) is 0 Å². The van der Waals surface area contributed by atoms with Gasteiger partial charge in [-0.3, -0.25) is 0 Å². The maximum Gasteiger partial charge on any atom is 0.549 e. The fourth-order valence-electron chi connectivity index (χ4n) is 6.63. The lowest BCUT2D eigenvalue weighted by Gasteiger charge is -2.30. The highest BCUT2D eigenvalue weighted by molar-refractivity contribution is 5.90. The molecule has 0 saturated carbocycles. The number of hydrogen-bond donors (Lipinski definition) is 0. The van der Waals surface area contributed by atoms with Gasteiger partial charge in [0.15, 0.2) is 0 Å². The summed E-state index contributed by atoms with van der Waals surface area (Å²) in [6.45, 7) is 6.28. The van der Waals surface area contributed by atoms with Gasteiger partial charge in [0.05, 0.1) is 22.1 Å². The first kappa shape index (κ1) is 52.2. The monoisotopic (exact) mass is 892 g/mol. The van der Waals surface area contributed by atoms with E-state index in [0.717, 1.165) is 113 Å². The number of benzene rings is 3. The molecule has 0 atom stereocenters. The van der Waals surface area contributed by atoms with Crippen LogP contribution in [0.5, 0.6) is 0 Å². The first-order chi connectivity index (χ1) is 31.0. The summed E-state index contributed by atoms with van der Waals surface area (Å²) >= 11 is 0. The van der Waals surface area contributed by atoms with Crippen LogP contribution in [-0.2, 0) is 62.8 Å². The van der Waals surface area contributed by atoms with Crippen LogP contribution in [0.2, 0.25) is 0 Å². The van der Waals surface area contributed by atoms with Crippen molar-refractivity contribution in [3.63, 3.8) is 0 Å². The number of aryl methyl sites for hydroxylation is 3. The molecule has 64 heavy (non-hydrogen) atoms. The summed E-state index contributed by atoms with van der Waals surface area (Å²) in [6, 6.07) is 20.1. The van der Waals surface area contributed by atoms with E-state index in [0.29, 0.717) is 6.42 Å². The van der Waals surface area contributed by atoms with Crippen molar-refractivity contribution in [1.82, 2.24) is 0 Å². The van der Waals surface area contributed by atoms with Crippen LogP contribution >= 0.6 is 0 Å². The number of carbonyl (C=O) groups excluding carboxylic acids is 6. The third-order valence-corrected chi connectivity index (χ3v) is 10.4. The van der Waals surface area contributed by atoms with E-state index in [1.54, 1.807) is 79.7 Å². The van der Waals surface area contributed by atoms with E-state index in [1.165, 1.54) is 0 Å². The van der Waals surface area contributed by atoms with E-state index in [4.69, 9.17) is 28.9 Å². The molecule has 0 N–H and O–H groups in total. The Morgan fingerprint density at radius 2 is 0.641 bits per heavy atom. The van der Waals surface area contributed by atoms with Gasteiger partial charge in [-0.2, -0.15) is 14.4 Å². The molecular weight excluding hydrogens is 829 g/mol. The van der Waals surface area contributed by atoms with Gasteiger partial charge in [-0.05, 0) is 98.0 Å².